The Morgan fingerprint density at radius 1 is 1.12 bits per heavy atom. The third kappa shape index (κ3) is 3.36. The molecule has 132 valence electrons. The summed E-state index contributed by atoms with van der Waals surface area (Å²) in [6, 6.07) is 10.2. The second kappa shape index (κ2) is 6.90. The Labute approximate surface area is 155 Å². The first-order chi connectivity index (χ1) is 11.8. The van der Waals surface area contributed by atoms with Gasteiger partial charge in [-0.05, 0) is 31.2 Å². The van der Waals surface area contributed by atoms with Crippen LogP contribution in [0.15, 0.2) is 45.8 Å². The molecule has 1 aliphatic heterocycles. The molecule has 3 rings (SSSR count). The molecule has 0 bridgehead atoms. The van der Waals surface area contributed by atoms with E-state index < -0.39 is 10.0 Å². The SMILES string of the molecule is COc1ccc(Br)c2c1CN(S(=O)(=O)c1ccc(C)cc1)CCC2=O. The van der Waals surface area contributed by atoms with Crippen molar-refractivity contribution in [2.75, 3.05) is 13.7 Å². The fourth-order valence-electron chi connectivity index (χ4n) is 2.92. The number of carbonyl (C=O) groups is 1. The topological polar surface area (TPSA) is 63.7 Å². The van der Waals surface area contributed by atoms with Crippen LogP contribution in [-0.4, -0.2) is 32.2 Å². The second-order valence-electron chi connectivity index (χ2n) is 5.93. The Morgan fingerprint density at radius 3 is 2.44 bits per heavy atom. The monoisotopic (exact) mass is 423 g/mol. The molecule has 2 aromatic rings. The molecule has 0 spiro atoms. The number of halogens is 1. The number of fused-ring (bicyclic) bond motifs is 1. The van der Waals surface area contributed by atoms with Crippen LogP contribution in [0.1, 0.15) is 27.9 Å². The molecule has 2 aromatic carbocycles. The second-order valence-corrected chi connectivity index (χ2v) is 8.72. The Bertz CT molecular complexity index is 923. The summed E-state index contributed by atoms with van der Waals surface area (Å²) in [4.78, 5) is 12.8. The van der Waals surface area contributed by atoms with E-state index in [0.717, 1.165) is 5.56 Å². The van der Waals surface area contributed by atoms with E-state index in [1.165, 1.54) is 11.4 Å². The molecule has 25 heavy (non-hydrogen) atoms. The summed E-state index contributed by atoms with van der Waals surface area (Å²) in [5, 5.41) is 0. The number of hydrogen-bond donors (Lipinski definition) is 0. The van der Waals surface area contributed by atoms with Crippen LogP contribution in [-0.2, 0) is 16.6 Å². The summed E-state index contributed by atoms with van der Waals surface area (Å²) in [6.45, 7) is 2.14. The van der Waals surface area contributed by atoms with Crippen molar-refractivity contribution in [2.45, 2.75) is 24.8 Å². The van der Waals surface area contributed by atoms with Gasteiger partial charge in [0.25, 0.3) is 0 Å². The van der Waals surface area contributed by atoms with Gasteiger partial charge in [0.1, 0.15) is 5.75 Å². The number of rotatable bonds is 3. The minimum atomic E-state index is -3.70. The van der Waals surface area contributed by atoms with Gasteiger partial charge in [-0.2, -0.15) is 4.31 Å². The molecule has 0 saturated heterocycles. The third-order valence-electron chi connectivity index (χ3n) is 4.30. The van der Waals surface area contributed by atoms with E-state index in [2.05, 4.69) is 15.9 Å². The van der Waals surface area contributed by atoms with E-state index in [1.807, 2.05) is 6.92 Å². The summed E-state index contributed by atoms with van der Waals surface area (Å²) < 4.78 is 33.4. The number of methoxy groups -OCH3 is 1. The van der Waals surface area contributed by atoms with Gasteiger partial charge in [-0.25, -0.2) is 8.42 Å². The smallest absolute Gasteiger partial charge is 0.243 e. The fraction of sp³-hybridized carbons (Fsp3) is 0.278. The van der Waals surface area contributed by atoms with Gasteiger partial charge in [0.05, 0.1) is 12.0 Å². The van der Waals surface area contributed by atoms with Crippen LogP contribution in [0.4, 0.5) is 0 Å². The van der Waals surface area contributed by atoms with Gasteiger partial charge in [-0.3, -0.25) is 4.79 Å². The van der Waals surface area contributed by atoms with Gasteiger partial charge in [0.15, 0.2) is 5.78 Å². The Kier molecular flexibility index (Phi) is 4.99. The summed E-state index contributed by atoms with van der Waals surface area (Å²) >= 11 is 3.40. The lowest BCUT2D eigenvalue weighted by molar-refractivity contribution is 0.0980. The van der Waals surface area contributed by atoms with Crippen LogP contribution < -0.4 is 4.74 Å². The number of sulfonamides is 1. The van der Waals surface area contributed by atoms with Crippen LogP contribution >= 0.6 is 15.9 Å². The number of hydrogen-bond acceptors (Lipinski definition) is 4. The first kappa shape index (κ1) is 18.1. The maximum Gasteiger partial charge on any atom is 0.243 e. The molecular formula is C18H18BrNO4S. The molecule has 0 amide bonds. The number of ketones is 1. The predicted molar refractivity (Wildman–Crippen MR) is 98.4 cm³/mol. The molecule has 0 saturated carbocycles. The summed E-state index contributed by atoms with van der Waals surface area (Å²) in [5.74, 6) is 0.417. The average Bonchev–Trinajstić information content (AvgIpc) is 2.76. The van der Waals surface area contributed by atoms with E-state index in [0.29, 0.717) is 21.3 Å². The van der Waals surface area contributed by atoms with E-state index in [-0.39, 0.29) is 30.2 Å². The van der Waals surface area contributed by atoms with E-state index >= 15 is 0 Å². The van der Waals surface area contributed by atoms with Gasteiger partial charge < -0.3 is 4.74 Å². The standard InChI is InChI=1S/C18H18BrNO4S/c1-12-3-5-13(6-4-12)25(22,23)20-10-9-16(21)18-14(11-20)17(24-2)8-7-15(18)19/h3-8H,9-11H2,1-2H3. The van der Waals surface area contributed by atoms with Crippen molar-refractivity contribution in [1.29, 1.82) is 0 Å². The lowest BCUT2D eigenvalue weighted by Gasteiger charge is -2.21. The van der Waals surface area contributed by atoms with Gasteiger partial charge >= 0.3 is 0 Å². The van der Waals surface area contributed by atoms with Gasteiger partial charge in [-0.15, -0.1) is 0 Å². The molecule has 0 aromatic heterocycles. The summed E-state index contributed by atoms with van der Waals surface area (Å²) in [7, 11) is -2.18. The highest BCUT2D eigenvalue weighted by molar-refractivity contribution is 9.10. The molecule has 7 heteroatoms. The molecule has 1 heterocycles. The van der Waals surface area contributed by atoms with Crippen molar-refractivity contribution in [3.05, 3.63) is 57.6 Å². The van der Waals surface area contributed by atoms with E-state index in [1.54, 1.807) is 36.4 Å². The van der Waals surface area contributed by atoms with Crippen molar-refractivity contribution in [3.63, 3.8) is 0 Å². The van der Waals surface area contributed by atoms with Crippen LogP contribution in [0, 0.1) is 6.92 Å². The van der Waals surface area contributed by atoms with Crippen molar-refractivity contribution in [3.8, 4) is 5.75 Å². The maximum atomic E-state index is 13.0. The predicted octanol–water partition coefficient (Wildman–Crippen LogP) is 3.54. The highest BCUT2D eigenvalue weighted by Crippen LogP contribution is 2.34. The maximum absolute atomic E-state index is 13.0. The number of ether oxygens (including phenoxy) is 1. The minimum absolute atomic E-state index is 0.0950. The first-order valence-corrected chi connectivity index (χ1v) is 10.0. The number of nitrogens with zero attached hydrogens (tertiary/aromatic N) is 1. The third-order valence-corrected chi connectivity index (χ3v) is 6.82. The first-order valence-electron chi connectivity index (χ1n) is 7.80. The molecule has 0 radical (unpaired) electrons. The lowest BCUT2D eigenvalue weighted by atomic mass is 10.0. The van der Waals surface area contributed by atoms with Crippen molar-refractivity contribution in [2.24, 2.45) is 0 Å². The largest absolute Gasteiger partial charge is 0.496 e. The van der Waals surface area contributed by atoms with Crippen LogP contribution in [0.3, 0.4) is 0 Å². The van der Waals surface area contributed by atoms with Crippen molar-refractivity contribution < 1.29 is 17.9 Å². The molecule has 0 aliphatic carbocycles. The van der Waals surface area contributed by atoms with Gasteiger partial charge in [0, 0.05) is 35.1 Å². The Morgan fingerprint density at radius 2 is 1.80 bits per heavy atom. The average molecular weight is 424 g/mol. The molecule has 1 aliphatic rings. The Balaban J connectivity index is 2.08. The zero-order chi connectivity index (χ0) is 18.2. The molecule has 0 atom stereocenters. The summed E-state index contributed by atoms with van der Waals surface area (Å²) in [5.41, 5.74) is 2.08. The van der Waals surface area contributed by atoms with Crippen LogP contribution in [0.25, 0.3) is 0 Å². The molecule has 0 unspecified atom stereocenters. The molecule has 5 nitrogen and oxygen atoms in total. The molecule has 0 fully saturated rings. The van der Waals surface area contributed by atoms with Crippen molar-refractivity contribution >= 4 is 31.7 Å². The minimum Gasteiger partial charge on any atom is -0.496 e. The number of Topliss-reactive ketones (excluding diaryl/α,β-unsaturated/α-hetero) is 1. The normalized spacial score (nSPS) is 15.6. The molecular weight excluding hydrogens is 406 g/mol. The highest BCUT2D eigenvalue weighted by atomic mass is 79.9. The molecule has 0 N–H and O–H groups in total. The Hall–Kier alpha value is -1.70. The summed E-state index contributed by atoms with van der Waals surface area (Å²) in [6.07, 6.45) is 0.129. The van der Waals surface area contributed by atoms with E-state index in [4.69, 9.17) is 4.74 Å². The highest BCUT2D eigenvalue weighted by Gasteiger charge is 2.32. The number of carbonyl (C=O) groups excluding carboxylic acids is 1. The zero-order valence-electron chi connectivity index (χ0n) is 14.0. The van der Waals surface area contributed by atoms with Crippen molar-refractivity contribution in [1.82, 2.24) is 4.31 Å². The van der Waals surface area contributed by atoms with Crippen LogP contribution in [0.5, 0.6) is 5.75 Å². The van der Waals surface area contributed by atoms with Gasteiger partial charge in [0.2, 0.25) is 10.0 Å². The zero-order valence-corrected chi connectivity index (χ0v) is 16.4. The van der Waals surface area contributed by atoms with Gasteiger partial charge in [-0.1, -0.05) is 33.6 Å². The lowest BCUT2D eigenvalue weighted by Crippen LogP contribution is -2.31. The quantitative estimate of drug-likeness (QED) is 0.756. The fourth-order valence-corrected chi connectivity index (χ4v) is 4.92. The van der Waals surface area contributed by atoms with E-state index in [9.17, 15) is 13.2 Å². The van der Waals surface area contributed by atoms with Crippen LogP contribution in [0.2, 0.25) is 0 Å². The number of aryl methyl sites for hydroxylation is 1. The number of benzene rings is 2.